The van der Waals surface area contributed by atoms with E-state index in [1.165, 1.54) is 0 Å². The fraction of sp³-hybridized carbons (Fsp3) is 0.462. The number of carbonyl (C=O) groups is 1. The van der Waals surface area contributed by atoms with Crippen molar-refractivity contribution in [2.45, 2.75) is 19.3 Å². The first-order valence-electron chi connectivity index (χ1n) is 5.61. The molecular formula is C13H20N2OS. The van der Waals surface area contributed by atoms with Gasteiger partial charge in [-0.15, -0.1) is 0 Å². The fourth-order valence-electron chi connectivity index (χ4n) is 1.52. The first-order valence-corrected chi connectivity index (χ1v) is 7.01. The Morgan fingerprint density at radius 3 is 2.47 bits per heavy atom. The van der Waals surface area contributed by atoms with E-state index >= 15 is 0 Å². The van der Waals surface area contributed by atoms with Gasteiger partial charge in [-0.2, -0.15) is 11.8 Å². The summed E-state index contributed by atoms with van der Waals surface area (Å²) >= 11 is 1.72. The van der Waals surface area contributed by atoms with Crippen molar-refractivity contribution in [1.29, 1.82) is 0 Å². The predicted octanol–water partition coefficient (Wildman–Crippen LogP) is 2.03. The smallest absolute Gasteiger partial charge is 0.230 e. The van der Waals surface area contributed by atoms with Gasteiger partial charge in [-0.3, -0.25) is 4.79 Å². The topological polar surface area (TPSA) is 55.1 Å². The van der Waals surface area contributed by atoms with Gasteiger partial charge in [0.1, 0.15) is 0 Å². The summed E-state index contributed by atoms with van der Waals surface area (Å²) in [6, 6.07) is 7.46. The lowest BCUT2D eigenvalue weighted by Crippen LogP contribution is -2.40. The average Bonchev–Trinajstić information content (AvgIpc) is 2.29. The Balaban J connectivity index is 2.72. The minimum Gasteiger partial charge on any atom is -0.399 e. The number of nitrogens with two attached hydrogens (primary N) is 1. The number of benzene rings is 1. The van der Waals surface area contributed by atoms with Gasteiger partial charge in [-0.25, -0.2) is 0 Å². The van der Waals surface area contributed by atoms with Gasteiger partial charge in [0.2, 0.25) is 5.91 Å². The van der Waals surface area contributed by atoms with Gasteiger partial charge in [0.15, 0.2) is 0 Å². The summed E-state index contributed by atoms with van der Waals surface area (Å²) in [6.07, 6.45) is 2.03. The molecule has 0 aliphatic rings. The lowest BCUT2D eigenvalue weighted by atomic mass is 9.83. The van der Waals surface area contributed by atoms with E-state index in [2.05, 4.69) is 5.32 Å². The van der Waals surface area contributed by atoms with Crippen LogP contribution in [0.5, 0.6) is 0 Å². The van der Waals surface area contributed by atoms with Crippen molar-refractivity contribution in [3.63, 3.8) is 0 Å². The van der Waals surface area contributed by atoms with Crippen molar-refractivity contribution >= 4 is 23.4 Å². The van der Waals surface area contributed by atoms with Crippen LogP contribution in [0, 0.1) is 0 Å². The monoisotopic (exact) mass is 252 g/mol. The highest BCUT2D eigenvalue weighted by molar-refractivity contribution is 7.98. The molecule has 1 rings (SSSR count). The van der Waals surface area contributed by atoms with Crippen LogP contribution in [0.3, 0.4) is 0 Å². The van der Waals surface area contributed by atoms with E-state index in [0.29, 0.717) is 12.2 Å². The molecule has 0 spiro atoms. The van der Waals surface area contributed by atoms with Crippen molar-refractivity contribution < 1.29 is 4.79 Å². The zero-order valence-electron chi connectivity index (χ0n) is 10.6. The lowest BCUT2D eigenvalue weighted by molar-refractivity contribution is -0.125. The minimum absolute atomic E-state index is 0.0521. The Morgan fingerprint density at radius 2 is 1.94 bits per heavy atom. The van der Waals surface area contributed by atoms with Crippen LogP contribution in [0.1, 0.15) is 19.4 Å². The molecular weight excluding hydrogens is 232 g/mol. The van der Waals surface area contributed by atoms with Crippen molar-refractivity contribution in [3.8, 4) is 0 Å². The van der Waals surface area contributed by atoms with Crippen LogP contribution in [0.4, 0.5) is 5.69 Å². The predicted molar refractivity (Wildman–Crippen MR) is 75.3 cm³/mol. The van der Waals surface area contributed by atoms with E-state index < -0.39 is 5.41 Å². The zero-order valence-corrected chi connectivity index (χ0v) is 11.4. The third kappa shape index (κ3) is 3.66. The van der Waals surface area contributed by atoms with Crippen LogP contribution in [0.2, 0.25) is 0 Å². The van der Waals surface area contributed by atoms with Gasteiger partial charge in [-0.1, -0.05) is 12.1 Å². The van der Waals surface area contributed by atoms with Crippen LogP contribution in [-0.4, -0.2) is 24.5 Å². The molecule has 1 amide bonds. The van der Waals surface area contributed by atoms with Gasteiger partial charge in [0.25, 0.3) is 0 Å². The number of carbonyl (C=O) groups excluding carboxylic acids is 1. The van der Waals surface area contributed by atoms with E-state index in [1.54, 1.807) is 11.8 Å². The maximum atomic E-state index is 12.1. The summed E-state index contributed by atoms with van der Waals surface area (Å²) in [5.74, 6) is 0.986. The number of nitrogens with one attached hydrogen (secondary N) is 1. The summed E-state index contributed by atoms with van der Waals surface area (Å²) in [7, 11) is 0. The normalized spacial score (nSPS) is 11.2. The first-order chi connectivity index (χ1) is 7.98. The molecule has 0 aromatic heterocycles. The van der Waals surface area contributed by atoms with Gasteiger partial charge in [-0.05, 0) is 37.8 Å². The summed E-state index contributed by atoms with van der Waals surface area (Å²) in [6.45, 7) is 4.55. The highest BCUT2D eigenvalue weighted by Crippen LogP contribution is 2.24. The Kier molecular flexibility index (Phi) is 4.87. The van der Waals surface area contributed by atoms with Gasteiger partial charge >= 0.3 is 0 Å². The molecule has 0 fully saturated rings. The van der Waals surface area contributed by atoms with E-state index in [4.69, 9.17) is 5.73 Å². The maximum absolute atomic E-state index is 12.1. The number of anilines is 1. The van der Waals surface area contributed by atoms with Gasteiger partial charge < -0.3 is 11.1 Å². The number of nitrogen functional groups attached to an aromatic ring is 1. The molecule has 0 aliphatic carbocycles. The number of rotatable bonds is 5. The number of thioether (sulfide) groups is 1. The Bertz CT molecular complexity index is 374. The molecule has 0 atom stereocenters. The summed E-state index contributed by atoms with van der Waals surface area (Å²) < 4.78 is 0. The second-order valence-corrected chi connectivity index (χ2v) is 5.48. The zero-order chi connectivity index (χ0) is 12.9. The molecule has 1 aromatic carbocycles. The van der Waals surface area contributed by atoms with Crippen molar-refractivity contribution in [1.82, 2.24) is 5.32 Å². The van der Waals surface area contributed by atoms with Crippen LogP contribution in [0.25, 0.3) is 0 Å². The van der Waals surface area contributed by atoms with Gasteiger partial charge in [0.05, 0.1) is 5.41 Å². The first kappa shape index (κ1) is 13.9. The second kappa shape index (κ2) is 5.96. The van der Waals surface area contributed by atoms with E-state index in [0.717, 1.165) is 11.3 Å². The van der Waals surface area contributed by atoms with Crippen molar-refractivity contribution in [3.05, 3.63) is 29.8 Å². The molecule has 0 bridgehead atoms. The summed E-state index contributed by atoms with van der Waals surface area (Å²) in [4.78, 5) is 12.1. The minimum atomic E-state index is -0.522. The molecule has 17 heavy (non-hydrogen) atoms. The molecule has 1 aromatic rings. The molecule has 0 unspecified atom stereocenters. The lowest BCUT2D eigenvalue weighted by Gasteiger charge is -2.24. The number of amides is 1. The molecule has 3 nitrogen and oxygen atoms in total. The molecule has 4 heteroatoms. The molecule has 0 aliphatic heterocycles. The average molecular weight is 252 g/mol. The summed E-state index contributed by atoms with van der Waals surface area (Å²) in [5.41, 5.74) is 6.81. The molecule has 0 radical (unpaired) electrons. The summed E-state index contributed by atoms with van der Waals surface area (Å²) in [5, 5.41) is 2.95. The van der Waals surface area contributed by atoms with Crippen molar-refractivity contribution in [2.24, 2.45) is 0 Å². The highest BCUT2D eigenvalue weighted by atomic mass is 32.2. The van der Waals surface area contributed by atoms with E-state index in [9.17, 15) is 4.79 Å². The van der Waals surface area contributed by atoms with E-state index in [1.807, 2.05) is 44.4 Å². The molecule has 0 saturated carbocycles. The van der Waals surface area contributed by atoms with Crippen LogP contribution in [-0.2, 0) is 10.2 Å². The highest BCUT2D eigenvalue weighted by Gasteiger charge is 2.29. The molecule has 94 valence electrons. The van der Waals surface area contributed by atoms with Crippen LogP contribution < -0.4 is 11.1 Å². The quantitative estimate of drug-likeness (QED) is 0.623. The molecule has 0 saturated heterocycles. The Labute approximate surface area is 107 Å². The second-order valence-electron chi connectivity index (χ2n) is 4.50. The van der Waals surface area contributed by atoms with Gasteiger partial charge in [0, 0.05) is 18.0 Å². The molecule has 3 N–H and O–H groups in total. The third-order valence-electron chi connectivity index (χ3n) is 2.79. The molecule has 0 heterocycles. The van der Waals surface area contributed by atoms with E-state index in [-0.39, 0.29) is 5.91 Å². The standard InChI is InChI=1S/C13H20N2OS/c1-13(2,12(16)15-8-9-17-3)10-4-6-11(14)7-5-10/h4-7H,8-9,14H2,1-3H3,(H,15,16). The SMILES string of the molecule is CSCCNC(=O)C(C)(C)c1ccc(N)cc1. The van der Waals surface area contributed by atoms with Crippen LogP contribution in [0.15, 0.2) is 24.3 Å². The van der Waals surface area contributed by atoms with Crippen molar-refractivity contribution in [2.75, 3.05) is 24.3 Å². The number of hydrogen-bond donors (Lipinski definition) is 2. The number of hydrogen-bond acceptors (Lipinski definition) is 3. The fourth-order valence-corrected chi connectivity index (χ4v) is 1.82. The maximum Gasteiger partial charge on any atom is 0.230 e. The van der Waals surface area contributed by atoms with Crippen LogP contribution >= 0.6 is 11.8 Å². The third-order valence-corrected chi connectivity index (χ3v) is 3.40. The Hall–Kier alpha value is -1.16. The Morgan fingerprint density at radius 1 is 1.35 bits per heavy atom. The largest absolute Gasteiger partial charge is 0.399 e.